The number of carbonyl (C=O) groups excluding carboxylic acids is 2. The van der Waals surface area contributed by atoms with Crippen LogP contribution in [0.5, 0.6) is 0 Å². The Hall–Kier alpha value is -2.92. The number of aryl methyl sites for hydroxylation is 1. The van der Waals surface area contributed by atoms with Gasteiger partial charge in [-0.3, -0.25) is 9.63 Å². The molecule has 0 saturated carbocycles. The summed E-state index contributed by atoms with van der Waals surface area (Å²) in [6.45, 7) is 8.76. The first-order valence-corrected chi connectivity index (χ1v) is 12.6. The molecule has 1 fully saturated rings. The van der Waals surface area contributed by atoms with Crippen LogP contribution in [0, 0.1) is 0 Å². The third kappa shape index (κ3) is 5.41. The van der Waals surface area contributed by atoms with Crippen LogP contribution in [0.25, 0.3) is 17.7 Å². The van der Waals surface area contributed by atoms with Gasteiger partial charge in [-0.05, 0) is 69.4 Å². The predicted octanol–water partition coefficient (Wildman–Crippen LogP) is 6.07. The molecule has 2 heterocycles. The normalized spacial score (nSPS) is 17.6. The van der Waals surface area contributed by atoms with Gasteiger partial charge >= 0.3 is 5.97 Å². The smallest absolute Gasteiger partial charge is 0.306 e. The Balaban J connectivity index is 1.73. The fourth-order valence-electron chi connectivity index (χ4n) is 4.40. The van der Waals surface area contributed by atoms with E-state index in [9.17, 15) is 9.59 Å². The number of rotatable bonds is 5. The monoisotopic (exact) mass is 477 g/mol. The van der Waals surface area contributed by atoms with Crippen molar-refractivity contribution in [3.63, 3.8) is 0 Å². The molecule has 6 heteroatoms. The lowest BCUT2D eigenvalue weighted by Crippen LogP contribution is -2.37. The van der Waals surface area contributed by atoms with E-state index in [0.717, 1.165) is 28.0 Å². The highest BCUT2D eigenvalue weighted by molar-refractivity contribution is 7.13. The molecule has 1 saturated heterocycles. The second-order valence-electron chi connectivity index (χ2n) is 9.48. The van der Waals surface area contributed by atoms with Crippen LogP contribution in [-0.4, -0.2) is 35.7 Å². The van der Waals surface area contributed by atoms with Gasteiger partial charge in [-0.2, -0.15) is 0 Å². The lowest BCUT2D eigenvalue weighted by molar-refractivity contribution is -0.209. The zero-order valence-corrected chi connectivity index (χ0v) is 21.1. The molecule has 1 aromatic carbocycles. The van der Waals surface area contributed by atoms with Crippen LogP contribution in [0.4, 0.5) is 0 Å². The van der Waals surface area contributed by atoms with E-state index in [1.807, 2.05) is 33.8 Å². The molecule has 1 aromatic heterocycles. The van der Waals surface area contributed by atoms with Gasteiger partial charge in [0.2, 0.25) is 0 Å². The summed E-state index contributed by atoms with van der Waals surface area (Å²) in [5.74, 6) is 1.96. The van der Waals surface area contributed by atoms with Crippen LogP contribution in [0.2, 0.25) is 0 Å². The minimum atomic E-state index is -0.389. The van der Waals surface area contributed by atoms with Gasteiger partial charge in [-0.1, -0.05) is 35.9 Å². The fourth-order valence-corrected chi connectivity index (χ4v) is 5.47. The molecule has 4 rings (SSSR count). The summed E-state index contributed by atoms with van der Waals surface area (Å²) in [4.78, 5) is 32.1. The molecule has 34 heavy (non-hydrogen) atoms. The largest absolute Gasteiger partial charge is 0.466 e. The molecule has 178 valence electrons. The third-order valence-corrected chi connectivity index (χ3v) is 6.92. The van der Waals surface area contributed by atoms with Crippen LogP contribution in [0.1, 0.15) is 73.4 Å². The molecular formula is C28H31NO4S. The average Bonchev–Trinajstić information content (AvgIpc) is 3.13. The maximum Gasteiger partial charge on any atom is 0.306 e. The number of fused-ring (bicyclic) bond motifs is 2. The fraction of sp³-hybridized carbons (Fsp3) is 0.393. The maximum atomic E-state index is 11.9. The molecular weight excluding hydrogens is 446 g/mol. The van der Waals surface area contributed by atoms with Crippen molar-refractivity contribution >= 4 is 41.0 Å². The van der Waals surface area contributed by atoms with Crippen LogP contribution in [0.3, 0.4) is 0 Å². The van der Waals surface area contributed by atoms with Crippen molar-refractivity contribution in [2.75, 3.05) is 13.2 Å². The standard InChI is InChI=1S/C28H31NO4S/c1-5-32-26(31)13-11-22-17-24-25(34-22)12-10-19-8-6-7-9-23(19)27(24)20-14-15-29(21(16-20)18-30)33-28(2,3)4/h6-10,12,17H,5,11,13-16H2,1-4H3. The van der Waals surface area contributed by atoms with Crippen molar-refractivity contribution in [3.8, 4) is 0 Å². The lowest BCUT2D eigenvalue weighted by Gasteiger charge is -2.35. The number of nitrogens with zero attached hydrogens (tertiary/aromatic N) is 1. The van der Waals surface area contributed by atoms with Gasteiger partial charge in [0.15, 0.2) is 0 Å². The molecule has 0 atom stereocenters. The van der Waals surface area contributed by atoms with Crippen molar-refractivity contribution in [2.24, 2.45) is 0 Å². The Morgan fingerprint density at radius 3 is 2.71 bits per heavy atom. The number of carbonyl (C=O) groups is 1. The highest BCUT2D eigenvalue weighted by Crippen LogP contribution is 2.43. The summed E-state index contributed by atoms with van der Waals surface area (Å²) >= 11 is 1.71. The van der Waals surface area contributed by atoms with Gasteiger partial charge in [0.05, 0.1) is 18.6 Å². The van der Waals surface area contributed by atoms with Crippen molar-refractivity contribution in [1.82, 2.24) is 5.06 Å². The van der Waals surface area contributed by atoms with Gasteiger partial charge in [-0.15, -0.1) is 11.3 Å². The van der Waals surface area contributed by atoms with Crippen molar-refractivity contribution in [2.45, 2.75) is 59.0 Å². The van der Waals surface area contributed by atoms with E-state index in [-0.39, 0.29) is 11.6 Å². The van der Waals surface area contributed by atoms with E-state index < -0.39 is 0 Å². The Kier molecular flexibility index (Phi) is 7.22. The maximum absolute atomic E-state index is 11.9. The van der Waals surface area contributed by atoms with E-state index in [2.05, 4.69) is 42.4 Å². The van der Waals surface area contributed by atoms with E-state index in [1.165, 1.54) is 16.0 Å². The Labute approximate surface area is 205 Å². The summed E-state index contributed by atoms with van der Waals surface area (Å²) in [6.07, 6.45) is 6.63. The summed E-state index contributed by atoms with van der Waals surface area (Å²) in [6, 6.07) is 10.6. The molecule has 2 aromatic rings. The summed E-state index contributed by atoms with van der Waals surface area (Å²) in [5.41, 5.74) is 6.01. The molecule has 0 unspecified atom stereocenters. The Morgan fingerprint density at radius 2 is 1.97 bits per heavy atom. The number of allylic oxidation sites excluding steroid dienone is 1. The van der Waals surface area contributed by atoms with E-state index >= 15 is 0 Å². The van der Waals surface area contributed by atoms with Gasteiger partial charge in [0.1, 0.15) is 11.6 Å². The zero-order valence-electron chi connectivity index (χ0n) is 20.3. The van der Waals surface area contributed by atoms with Gasteiger partial charge in [0, 0.05) is 28.3 Å². The second-order valence-corrected chi connectivity index (χ2v) is 10.6. The highest BCUT2D eigenvalue weighted by Gasteiger charge is 2.29. The number of hydrogen-bond acceptors (Lipinski definition) is 6. The topological polar surface area (TPSA) is 55.8 Å². The second kappa shape index (κ2) is 10.1. The number of piperidine rings is 1. The van der Waals surface area contributed by atoms with Gasteiger partial charge in [-0.25, -0.2) is 9.86 Å². The summed E-state index contributed by atoms with van der Waals surface area (Å²) in [7, 11) is 0. The van der Waals surface area contributed by atoms with Crippen molar-refractivity contribution in [3.05, 3.63) is 68.0 Å². The first kappa shape index (κ1) is 24.2. The molecule has 0 spiro atoms. The van der Waals surface area contributed by atoms with Crippen molar-refractivity contribution < 1.29 is 19.2 Å². The Morgan fingerprint density at radius 1 is 1.18 bits per heavy atom. The number of ether oxygens (including phenoxy) is 1. The van der Waals surface area contributed by atoms with Crippen molar-refractivity contribution in [1.29, 1.82) is 0 Å². The molecule has 0 N–H and O–H groups in total. The number of benzene rings is 1. The SMILES string of the molecule is CCOC(=O)CCc1cc2c(s1)C=Cc1ccccc1C2=C1CCN(OC(C)(C)C)C(=C=O)C1. The van der Waals surface area contributed by atoms with Gasteiger partial charge in [0.25, 0.3) is 0 Å². The number of thiophene rings is 1. The minimum Gasteiger partial charge on any atom is -0.466 e. The average molecular weight is 478 g/mol. The van der Waals surface area contributed by atoms with E-state index in [1.54, 1.807) is 16.4 Å². The molecule has 0 amide bonds. The summed E-state index contributed by atoms with van der Waals surface area (Å²) < 4.78 is 5.10. The van der Waals surface area contributed by atoms with Gasteiger partial charge < -0.3 is 4.74 Å². The van der Waals surface area contributed by atoms with Crippen LogP contribution >= 0.6 is 11.3 Å². The lowest BCUT2D eigenvalue weighted by atomic mass is 9.87. The summed E-state index contributed by atoms with van der Waals surface area (Å²) in [5, 5.41) is 1.71. The zero-order chi connectivity index (χ0) is 24.3. The van der Waals surface area contributed by atoms with Crippen LogP contribution < -0.4 is 0 Å². The quantitative estimate of drug-likeness (QED) is 0.330. The third-order valence-electron chi connectivity index (χ3n) is 5.76. The van der Waals surface area contributed by atoms with Crippen LogP contribution in [0.15, 0.2) is 41.6 Å². The first-order valence-electron chi connectivity index (χ1n) is 11.8. The molecule has 0 bridgehead atoms. The molecule has 1 aliphatic heterocycles. The Bertz CT molecular complexity index is 1190. The molecule has 5 nitrogen and oxygen atoms in total. The molecule has 2 aliphatic rings. The number of hydrogen-bond donors (Lipinski definition) is 0. The molecule has 1 aliphatic carbocycles. The number of hydroxylamine groups is 2. The number of esters is 1. The predicted molar refractivity (Wildman–Crippen MR) is 137 cm³/mol. The first-order chi connectivity index (χ1) is 16.3. The van der Waals surface area contributed by atoms with Crippen LogP contribution in [-0.2, 0) is 25.6 Å². The minimum absolute atomic E-state index is 0.169. The van der Waals surface area contributed by atoms with E-state index in [0.29, 0.717) is 38.1 Å². The molecule has 0 radical (unpaired) electrons. The highest BCUT2D eigenvalue weighted by atomic mass is 32.1. The van der Waals surface area contributed by atoms with E-state index in [4.69, 9.17) is 9.57 Å².